The molecule has 1 N–H and O–H groups in total. The molecule has 3 rings (SSSR count). The first-order chi connectivity index (χ1) is 11.3. The van der Waals surface area contributed by atoms with Gasteiger partial charge in [-0.15, -0.1) is 0 Å². The third-order valence-electron chi connectivity index (χ3n) is 3.62. The van der Waals surface area contributed by atoms with Gasteiger partial charge in [-0.1, -0.05) is 24.3 Å². The Morgan fingerprint density at radius 1 is 1.22 bits per heavy atom. The summed E-state index contributed by atoms with van der Waals surface area (Å²) in [5.41, 5.74) is 1.65. The zero-order valence-corrected chi connectivity index (χ0v) is 13.1. The van der Waals surface area contributed by atoms with Crippen molar-refractivity contribution in [3.63, 3.8) is 0 Å². The van der Waals surface area contributed by atoms with Gasteiger partial charge >= 0.3 is 0 Å². The number of nitrogens with zero attached hydrogens (tertiary/aromatic N) is 1. The van der Waals surface area contributed by atoms with Gasteiger partial charge < -0.3 is 19.7 Å². The summed E-state index contributed by atoms with van der Waals surface area (Å²) in [6, 6.07) is 15.2. The summed E-state index contributed by atoms with van der Waals surface area (Å²) in [5.74, 6) is 1.43. The molecule has 5 heteroatoms. The summed E-state index contributed by atoms with van der Waals surface area (Å²) in [6.45, 7) is 4.03. The summed E-state index contributed by atoms with van der Waals surface area (Å²) in [5, 5.41) is 2.93. The van der Waals surface area contributed by atoms with Gasteiger partial charge in [0.1, 0.15) is 18.1 Å². The van der Waals surface area contributed by atoms with Gasteiger partial charge in [-0.05, 0) is 31.2 Å². The first-order valence-electron chi connectivity index (χ1n) is 7.76. The summed E-state index contributed by atoms with van der Waals surface area (Å²) in [6.07, 6.45) is 0. The molecule has 2 aromatic rings. The predicted molar refractivity (Wildman–Crippen MR) is 90.4 cm³/mol. The third-order valence-corrected chi connectivity index (χ3v) is 3.62. The molecule has 0 radical (unpaired) electrons. The Balaban J connectivity index is 1.69. The van der Waals surface area contributed by atoms with Crippen LogP contribution in [0.15, 0.2) is 48.5 Å². The fourth-order valence-corrected chi connectivity index (χ4v) is 2.61. The van der Waals surface area contributed by atoms with E-state index in [4.69, 9.17) is 9.47 Å². The fourth-order valence-electron chi connectivity index (χ4n) is 2.61. The number of benzene rings is 2. The molecule has 0 atom stereocenters. The number of rotatable bonds is 5. The Kier molecular flexibility index (Phi) is 4.66. The van der Waals surface area contributed by atoms with Gasteiger partial charge in [0.15, 0.2) is 0 Å². The van der Waals surface area contributed by atoms with Crippen LogP contribution in [0.2, 0.25) is 0 Å². The summed E-state index contributed by atoms with van der Waals surface area (Å²) in [4.78, 5) is 14.4. The maximum Gasteiger partial charge on any atom is 0.243 e. The van der Waals surface area contributed by atoms with Crippen LogP contribution in [0, 0.1) is 0 Å². The maximum atomic E-state index is 12.4. The maximum absolute atomic E-state index is 12.4. The first-order valence-corrected chi connectivity index (χ1v) is 7.76. The van der Waals surface area contributed by atoms with Crippen molar-refractivity contribution in [1.29, 1.82) is 0 Å². The van der Waals surface area contributed by atoms with Crippen molar-refractivity contribution in [3.05, 3.63) is 48.5 Å². The molecular weight excluding hydrogens is 292 g/mol. The zero-order chi connectivity index (χ0) is 16.1. The minimum absolute atomic E-state index is 0.0751. The van der Waals surface area contributed by atoms with E-state index in [-0.39, 0.29) is 12.5 Å². The van der Waals surface area contributed by atoms with Crippen LogP contribution in [0.1, 0.15) is 6.92 Å². The normalized spacial score (nSPS) is 13.0. The lowest BCUT2D eigenvalue weighted by Crippen LogP contribution is -2.38. The van der Waals surface area contributed by atoms with E-state index in [1.807, 2.05) is 60.4 Å². The van der Waals surface area contributed by atoms with Crippen LogP contribution in [0.3, 0.4) is 0 Å². The third kappa shape index (κ3) is 3.56. The molecular formula is C18H20N2O3. The van der Waals surface area contributed by atoms with Gasteiger partial charge in [0, 0.05) is 0 Å². The minimum Gasteiger partial charge on any atom is -0.492 e. The molecule has 1 heterocycles. The van der Waals surface area contributed by atoms with E-state index < -0.39 is 0 Å². The van der Waals surface area contributed by atoms with Gasteiger partial charge in [0.2, 0.25) is 5.91 Å². The molecule has 0 aliphatic carbocycles. The van der Waals surface area contributed by atoms with Crippen LogP contribution in [-0.4, -0.2) is 32.2 Å². The molecule has 0 unspecified atom stereocenters. The van der Waals surface area contributed by atoms with Crippen molar-refractivity contribution < 1.29 is 14.3 Å². The van der Waals surface area contributed by atoms with Gasteiger partial charge in [-0.2, -0.15) is 0 Å². The summed E-state index contributed by atoms with van der Waals surface area (Å²) >= 11 is 0. The zero-order valence-electron chi connectivity index (χ0n) is 13.1. The van der Waals surface area contributed by atoms with Crippen molar-refractivity contribution >= 4 is 17.3 Å². The molecule has 120 valence electrons. The second-order valence-corrected chi connectivity index (χ2v) is 5.22. The molecule has 23 heavy (non-hydrogen) atoms. The Labute approximate surface area is 135 Å². The predicted octanol–water partition coefficient (Wildman–Crippen LogP) is 2.92. The monoisotopic (exact) mass is 312 g/mol. The molecule has 0 fully saturated rings. The number of anilines is 2. The van der Waals surface area contributed by atoms with Gasteiger partial charge in [-0.3, -0.25) is 4.79 Å². The average Bonchev–Trinajstić information content (AvgIpc) is 2.57. The van der Waals surface area contributed by atoms with E-state index in [2.05, 4.69) is 5.32 Å². The van der Waals surface area contributed by atoms with E-state index in [0.29, 0.717) is 31.2 Å². The standard InChI is InChI=1S/C18H20N2O3/c1-2-22-16-9-5-3-7-14(16)19-18(21)13-20-11-12-23-17-10-6-4-8-15(17)20/h3-10H,2,11-13H2,1H3,(H,19,21). The summed E-state index contributed by atoms with van der Waals surface area (Å²) < 4.78 is 11.1. The number of para-hydroxylation sites is 4. The highest BCUT2D eigenvalue weighted by Crippen LogP contribution is 2.31. The van der Waals surface area contributed by atoms with Crippen LogP contribution in [0.5, 0.6) is 11.5 Å². The molecule has 0 aromatic heterocycles. The van der Waals surface area contributed by atoms with E-state index >= 15 is 0 Å². The molecule has 1 aliphatic heterocycles. The van der Waals surface area contributed by atoms with Gasteiger partial charge in [0.05, 0.1) is 31.1 Å². The molecule has 1 amide bonds. The number of ether oxygens (including phenoxy) is 2. The largest absolute Gasteiger partial charge is 0.492 e. The van der Waals surface area contributed by atoms with Crippen molar-refractivity contribution in [3.8, 4) is 11.5 Å². The highest BCUT2D eigenvalue weighted by atomic mass is 16.5. The number of hydrogen-bond acceptors (Lipinski definition) is 4. The lowest BCUT2D eigenvalue weighted by atomic mass is 10.2. The van der Waals surface area contributed by atoms with Crippen molar-refractivity contribution in [2.24, 2.45) is 0 Å². The highest BCUT2D eigenvalue weighted by Gasteiger charge is 2.20. The number of hydrogen-bond donors (Lipinski definition) is 1. The molecule has 0 saturated carbocycles. The fraction of sp³-hybridized carbons (Fsp3) is 0.278. The molecule has 5 nitrogen and oxygen atoms in total. The SMILES string of the molecule is CCOc1ccccc1NC(=O)CN1CCOc2ccccc21. The van der Waals surface area contributed by atoms with Crippen LogP contribution < -0.4 is 19.7 Å². The van der Waals surface area contributed by atoms with E-state index in [0.717, 1.165) is 11.4 Å². The van der Waals surface area contributed by atoms with Crippen LogP contribution >= 0.6 is 0 Å². The second-order valence-electron chi connectivity index (χ2n) is 5.22. The van der Waals surface area contributed by atoms with Gasteiger partial charge in [0.25, 0.3) is 0 Å². The number of amides is 1. The topological polar surface area (TPSA) is 50.8 Å². The molecule has 0 spiro atoms. The van der Waals surface area contributed by atoms with Crippen molar-refractivity contribution in [1.82, 2.24) is 0 Å². The molecule has 0 bridgehead atoms. The Bertz CT molecular complexity index is 687. The van der Waals surface area contributed by atoms with Crippen LogP contribution in [0.4, 0.5) is 11.4 Å². The minimum atomic E-state index is -0.0751. The molecule has 1 aliphatic rings. The summed E-state index contributed by atoms with van der Waals surface area (Å²) in [7, 11) is 0. The highest BCUT2D eigenvalue weighted by molar-refractivity contribution is 5.95. The van der Waals surface area contributed by atoms with Gasteiger partial charge in [-0.25, -0.2) is 0 Å². The number of fused-ring (bicyclic) bond motifs is 1. The second kappa shape index (κ2) is 7.05. The first kappa shape index (κ1) is 15.2. The Morgan fingerprint density at radius 2 is 2.00 bits per heavy atom. The van der Waals surface area contributed by atoms with Crippen LogP contribution in [0.25, 0.3) is 0 Å². The lowest BCUT2D eigenvalue weighted by Gasteiger charge is -2.30. The molecule has 0 saturated heterocycles. The quantitative estimate of drug-likeness (QED) is 0.922. The average molecular weight is 312 g/mol. The Morgan fingerprint density at radius 3 is 2.87 bits per heavy atom. The number of nitrogens with one attached hydrogen (secondary N) is 1. The number of carbonyl (C=O) groups excluding carboxylic acids is 1. The van der Waals surface area contributed by atoms with E-state index in [1.54, 1.807) is 0 Å². The smallest absolute Gasteiger partial charge is 0.243 e. The Hall–Kier alpha value is -2.69. The van der Waals surface area contributed by atoms with E-state index in [9.17, 15) is 4.79 Å². The lowest BCUT2D eigenvalue weighted by molar-refractivity contribution is -0.115. The van der Waals surface area contributed by atoms with E-state index in [1.165, 1.54) is 0 Å². The van der Waals surface area contributed by atoms with Crippen molar-refractivity contribution in [2.75, 3.05) is 36.5 Å². The molecule has 2 aromatic carbocycles. The van der Waals surface area contributed by atoms with Crippen LogP contribution in [-0.2, 0) is 4.79 Å². The number of carbonyl (C=O) groups is 1. The van der Waals surface area contributed by atoms with Crippen molar-refractivity contribution in [2.45, 2.75) is 6.92 Å².